The maximum absolute atomic E-state index is 12.3. The molecule has 0 radical (unpaired) electrons. The summed E-state index contributed by atoms with van der Waals surface area (Å²) < 4.78 is 16.6. The lowest BCUT2D eigenvalue weighted by Gasteiger charge is -2.29. The van der Waals surface area contributed by atoms with Gasteiger partial charge in [0.05, 0.1) is 12.0 Å². The van der Waals surface area contributed by atoms with Crippen LogP contribution in [0.3, 0.4) is 0 Å². The van der Waals surface area contributed by atoms with Crippen molar-refractivity contribution in [3.05, 3.63) is 0 Å². The minimum Gasteiger partial charge on any atom is -0.462 e. The molecule has 0 N–H and O–H groups in total. The quantitative estimate of drug-likeness (QED) is 0.672. The van der Waals surface area contributed by atoms with Gasteiger partial charge in [0.15, 0.2) is 5.79 Å². The molecule has 1 fully saturated rings. The van der Waals surface area contributed by atoms with Crippen molar-refractivity contribution in [3.63, 3.8) is 0 Å². The molecule has 118 valence electrons. The molecule has 1 aliphatic heterocycles. The van der Waals surface area contributed by atoms with Crippen LogP contribution in [0, 0.1) is 11.3 Å². The van der Waals surface area contributed by atoms with E-state index in [1.807, 2.05) is 27.7 Å². The molecular weight excluding hydrogens is 256 g/mol. The first-order valence-electron chi connectivity index (χ1n) is 7.71. The summed E-state index contributed by atoms with van der Waals surface area (Å²) in [5.41, 5.74) is -0.398. The fraction of sp³-hybridized carbons (Fsp3) is 0.938. The fourth-order valence-electron chi connectivity index (χ4n) is 2.47. The average molecular weight is 286 g/mol. The first-order chi connectivity index (χ1) is 9.22. The third kappa shape index (κ3) is 4.74. The molecule has 0 aromatic heterocycles. The molecule has 20 heavy (non-hydrogen) atoms. The second-order valence-corrected chi connectivity index (χ2v) is 6.68. The van der Waals surface area contributed by atoms with Crippen molar-refractivity contribution in [1.82, 2.24) is 0 Å². The predicted molar refractivity (Wildman–Crippen MR) is 78.3 cm³/mol. The highest BCUT2D eigenvalue weighted by Crippen LogP contribution is 2.33. The molecular formula is C16H30O4. The minimum absolute atomic E-state index is 0.117. The Morgan fingerprint density at radius 3 is 2.55 bits per heavy atom. The normalized spacial score (nSPS) is 26.0. The Labute approximate surface area is 123 Å². The largest absolute Gasteiger partial charge is 0.462 e. The zero-order chi connectivity index (χ0) is 15.4. The monoisotopic (exact) mass is 286 g/mol. The molecule has 3 unspecified atom stereocenters. The van der Waals surface area contributed by atoms with Gasteiger partial charge in [0.2, 0.25) is 0 Å². The van der Waals surface area contributed by atoms with Crippen molar-refractivity contribution in [1.29, 1.82) is 0 Å². The van der Waals surface area contributed by atoms with Crippen LogP contribution >= 0.6 is 0 Å². The van der Waals surface area contributed by atoms with Gasteiger partial charge in [-0.05, 0) is 39.5 Å². The minimum atomic E-state index is -0.568. The Hall–Kier alpha value is -0.610. The second kappa shape index (κ2) is 6.90. The van der Waals surface area contributed by atoms with Gasteiger partial charge in [-0.25, -0.2) is 0 Å². The maximum atomic E-state index is 12.3. The van der Waals surface area contributed by atoms with E-state index in [0.29, 0.717) is 12.5 Å². The van der Waals surface area contributed by atoms with E-state index in [0.717, 1.165) is 19.3 Å². The third-order valence-corrected chi connectivity index (χ3v) is 4.24. The fourth-order valence-corrected chi connectivity index (χ4v) is 2.47. The number of carbonyl (C=O) groups is 1. The smallest absolute Gasteiger partial charge is 0.311 e. The first-order valence-corrected chi connectivity index (χ1v) is 7.71. The number of esters is 1. The van der Waals surface area contributed by atoms with Crippen molar-refractivity contribution in [2.75, 3.05) is 13.2 Å². The van der Waals surface area contributed by atoms with Crippen LogP contribution in [-0.2, 0) is 19.0 Å². The van der Waals surface area contributed by atoms with Gasteiger partial charge in [-0.1, -0.05) is 27.2 Å². The Kier molecular flexibility index (Phi) is 6.02. The second-order valence-electron chi connectivity index (χ2n) is 6.68. The maximum Gasteiger partial charge on any atom is 0.311 e. The summed E-state index contributed by atoms with van der Waals surface area (Å²) >= 11 is 0. The highest BCUT2D eigenvalue weighted by atomic mass is 16.7. The van der Waals surface area contributed by atoms with E-state index in [1.165, 1.54) is 0 Å². The molecule has 1 rings (SSSR count). The average Bonchev–Trinajstić information content (AvgIpc) is 2.75. The summed E-state index contributed by atoms with van der Waals surface area (Å²) in [6.07, 6.45) is 2.59. The predicted octanol–water partition coefficient (Wildman–Crippen LogP) is 3.53. The lowest BCUT2D eigenvalue weighted by atomic mass is 9.78. The van der Waals surface area contributed by atoms with E-state index in [9.17, 15) is 4.79 Å². The van der Waals surface area contributed by atoms with Crippen LogP contribution in [0.5, 0.6) is 0 Å². The lowest BCUT2D eigenvalue weighted by molar-refractivity contribution is -0.167. The molecule has 3 atom stereocenters. The number of rotatable bonds is 7. The summed E-state index contributed by atoms with van der Waals surface area (Å²) in [6.45, 7) is 12.9. The van der Waals surface area contributed by atoms with Gasteiger partial charge in [0.25, 0.3) is 0 Å². The van der Waals surface area contributed by atoms with Gasteiger partial charge < -0.3 is 14.2 Å². The molecule has 0 saturated carbocycles. The third-order valence-electron chi connectivity index (χ3n) is 4.24. The summed E-state index contributed by atoms with van der Waals surface area (Å²) in [5, 5.41) is 0. The standard InChI is InChI=1S/C16H30O4/c1-7-12(3)9-16(6,8-2)14(17)18-10-13-11-19-15(4,5)20-13/h12-13H,7-11H2,1-6H3. The van der Waals surface area contributed by atoms with Gasteiger partial charge in [0, 0.05) is 0 Å². The number of hydrogen-bond acceptors (Lipinski definition) is 4. The summed E-state index contributed by atoms with van der Waals surface area (Å²) in [4.78, 5) is 12.3. The molecule has 0 amide bonds. The highest BCUT2D eigenvalue weighted by molar-refractivity contribution is 5.76. The summed E-state index contributed by atoms with van der Waals surface area (Å²) in [5.74, 6) is -0.159. The Morgan fingerprint density at radius 2 is 2.10 bits per heavy atom. The van der Waals surface area contributed by atoms with Crippen molar-refractivity contribution < 1.29 is 19.0 Å². The van der Waals surface area contributed by atoms with E-state index in [2.05, 4.69) is 13.8 Å². The zero-order valence-corrected chi connectivity index (χ0v) is 13.8. The zero-order valence-electron chi connectivity index (χ0n) is 13.8. The van der Waals surface area contributed by atoms with Crippen molar-refractivity contribution in [2.45, 2.75) is 72.7 Å². The molecule has 1 heterocycles. The lowest BCUT2D eigenvalue weighted by Crippen LogP contribution is -2.34. The Morgan fingerprint density at radius 1 is 1.45 bits per heavy atom. The SMILES string of the molecule is CCC(C)CC(C)(CC)C(=O)OCC1COC(C)(C)O1. The topological polar surface area (TPSA) is 44.8 Å². The van der Waals surface area contributed by atoms with Crippen LogP contribution in [-0.4, -0.2) is 31.1 Å². The van der Waals surface area contributed by atoms with Gasteiger partial charge in [-0.3, -0.25) is 4.79 Å². The van der Waals surface area contributed by atoms with Crippen LogP contribution in [0.15, 0.2) is 0 Å². The summed E-state index contributed by atoms with van der Waals surface area (Å²) in [7, 11) is 0. The van der Waals surface area contributed by atoms with Crippen LogP contribution in [0.25, 0.3) is 0 Å². The van der Waals surface area contributed by atoms with E-state index in [4.69, 9.17) is 14.2 Å². The van der Waals surface area contributed by atoms with Gasteiger partial charge in [-0.2, -0.15) is 0 Å². The van der Waals surface area contributed by atoms with E-state index < -0.39 is 11.2 Å². The number of ether oxygens (including phenoxy) is 3. The molecule has 0 aromatic rings. The van der Waals surface area contributed by atoms with E-state index in [1.54, 1.807) is 0 Å². The molecule has 0 spiro atoms. The molecule has 1 aliphatic rings. The molecule has 0 bridgehead atoms. The molecule has 4 heteroatoms. The van der Waals surface area contributed by atoms with Crippen molar-refractivity contribution >= 4 is 5.97 Å². The van der Waals surface area contributed by atoms with Crippen LogP contribution in [0.2, 0.25) is 0 Å². The summed E-state index contributed by atoms with van der Waals surface area (Å²) in [6, 6.07) is 0. The Bertz CT molecular complexity index is 326. The number of hydrogen-bond donors (Lipinski definition) is 0. The van der Waals surface area contributed by atoms with Crippen LogP contribution < -0.4 is 0 Å². The molecule has 0 aromatic carbocycles. The van der Waals surface area contributed by atoms with Gasteiger partial charge >= 0.3 is 5.97 Å². The van der Waals surface area contributed by atoms with Crippen LogP contribution in [0.1, 0.15) is 60.8 Å². The van der Waals surface area contributed by atoms with E-state index in [-0.39, 0.29) is 18.7 Å². The van der Waals surface area contributed by atoms with Gasteiger partial charge in [-0.15, -0.1) is 0 Å². The molecule has 0 aliphatic carbocycles. The number of carbonyl (C=O) groups excluding carboxylic acids is 1. The molecule has 4 nitrogen and oxygen atoms in total. The first kappa shape index (κ1) is 17.4. The van der Waals surface area contributed by atoms with E-state index >= 15 is 0 Å². The van der Waals surface area contributed by atoms with Gasteiger partial charge in [0.1, 0.15) is 12.7 Å². The van der Waals surface area contributed by atoms with Crippen molar-refractivity contribution in [2.24, 2.45) is 11.3 Å². The van der Waals surface area contributed by atoms with Crippen molar-refractivity contribution in [3.8, 4) is 0 Å². The Balaban J connectivity index is 2.47. The van der Waals surface area contributed by atoms with Crippen LogP contribution in [0.4, 0.5) is 0 Å². The molecule has 1 saturated heterocycles. The highest BCUT2D eigenvalue weighted by Gasteiger charge is 2.37.